The van der Waals surface area contributed by atoms with Gasteiger partial charge in [0, 0.05) is 30.3 Å². The van der Waals surface area contributed by atoms with Crippen LogP contribution in [0.3, 0.4) is 0 Å². The van der Waals surface area contributed by atoms with Crippen LogP contribution in [-0.2, 0) is 15.6 Å². The molecule has 0 spiro atoms. The van der Waals surface area contributed by atoms with Crippen LogP contribution in [0.5, 0.6) is 5.75 Å². The Labute approximate surface area is 172 Å². The van der Waals surface area contributed by atoms with Gasteiger partial charge in [0.2, 0.25) is 0 Å². The first kappa shape index (κ1) is 22.1. The van der Waals surface area contributed by atoms with E-state index in [4.69, 9.17) is 5.26 Å². The van der Waals surface area contributed by atoms with Crippen molar-refractivity contribution in [2.24, 2.45) is 0 Å². The highest BCUT2D eigenvalue weighted by atomic mass is 32.2. The van der Waals surface area contributed by atoms with Crippen molar-refractivity contribution in [3.8, 4) is 11.8 Å². The lowest BCUT2D eigenvalue weighted by atomic mass is 9.78. The highest BCUT2D eigenvalue weighted by Crippen LogP contribution is 2.40. The standard InChI is InChI=1S/C23H30N2O2S/c1-22(2,3)17-13-16(14-18(20(17)26)23(4,5)6)15-19-21(27)25(11-12-28-19)10-8-7-9-24/h11-15,26H,7-8,10H2,1-6H3/b19-15-. The SMILES string of the molecule is CC(C)(C)c1cc(/C=C2\SC=CN(CCCC#N)C2=O)cc(C(C)(C)C)c1O. The number of unbranched alkanes of at least 4 members (excludes halogenated alkanes) is 1. The molecule has 1 aliphatic heterocycles. The molecule has 1 N–H and O–H groups in total. The average Bonchev–Trinajstić information content (AvgIpc) is 2.57. The van der Waals surface area contributed by atoms with Gasteiger partial charge in [0.15, 0.2) is 0 Å². The van der Waals surface area contributed by atoms with Gasteiger partial charge in [-0.1, -0.05) is 53.3 Å². The van der Waals surface area contributed by atoms with Gasteiger partial charge in [-0.15, -0.1) is 0 Å². The molecule has 0 aliphatic carbocycles. The molecule has 0 atom stereocenters. The van der Waals surface area contributed by atoms with Crippen LogP contribution in [-0.4, -0.2) is 22.5 Å². The maximum atomic E-state index is 12.8. The Balaban J connectivity index is 2.46. The second-order valence-electron chi connectivity index (χ2n) is 9.14. The second kappa shape index (κ2) is 8.45. The summed E-state index contributed by atoms with van der Waals surface area (Å²) in [6.07, 6.45) is 4.77. The number of amides is 1. The lowest BCUT2D eigenvalue weighted by Crippen LogP contribution is -2.29. The topological polar surface area (TPSA) is 64.3 Å². The van der Waals surface area contributed by atoms with Crippen LogP contribution in [0.25, 0.3) is 6.08 Å². The number of benzene rings is 1. The molecule has 1 amide bonds. The molecule has 0 fully saturated rings. The molecule has 0 unspecified atom stereocenters. The third-order valence-corrected chi connectivity index (χ3v) is 5.45. The highest BCUT2D eigenvalue weighted by Gasteiger charge is 2.27. The summed E-state index contributed by atoms with van der Waals surface area (Å²) in [5.74, 6) is 0.288. The van der Waals surface area contributed by atoms with Gasteiger partial charge < -0.3 is 10.0 Å². The highest BCUT2D eigenvalue weighted by molar-refractivity contribution is 8.06. The van der Waals surface area contributed by atoms with E-state index in [0.29, 0.717) is 30.0 Å². The van der Waals surface area contributed by atoms with E-state index < -0.39 is 0 Å². The molecule has 4 nitrogen and oxygen atoms in total. The van der Waals surface area contributed by atoms with Crippen molar-refractivity contribution < 1.29 is 9.90 Å². The number of carbonyl (C=O) groups is 1. The first-order valence-electron chi connectivity index (χ1n) is 9.56. The summed E-state index contributed by atoms with van der Waals surface area (Å²) in [4.78, 5) is 15.1. The van der Waals surface area contributed by atoms with Gasteiger partial charge in [0.25, 0.3) is 5.91 Å². The molecule has 2 rings (SSSR count). The van der Waals surface area contributed by atoms with Crippen molar-refractivity contribution in [3.63, 3.8) is 0 Å². The predicted octanol–water partition coefficient (Wildman–Crippen LogP) is 5.68. The Morgan fingerprint density at radius 2 is 1.71 bits per heavy atom. The van der Waals surface area contributed by atoms with Crippen molar-refractivity contribution in [3.05, 3.63) is 45.3 Å². The summed E-state index contributed by atoms with van der Waals surface area (Å²) in [5, 5.41) is 21.5. The first-order valence-corrected chi connectivity index (χ1v) is 10.4. The van der Waals surface area contributed by atoms with Gasteiger partial charge in [-0.2, -0.15) is 5.26 Å². The number of aromatic hydroxyl groups is 1. The number of rotatable bonds is 4. The molecule has 0 saturated heterocycles. The minimum absolute atomic E-state index is 0.0480. The van der Waals surface area contributed by atoms with Gasteiger partial charge in [0.1, 0.15) is 5.75 Å². The summed E-state index contributed by atoms with van der Waals surface area (Å²) in [6, 6.07) is 6.07. The third kappa shape index (κ3) is 5.20. The van der Waals surface area contributed by atoms with Gasteiger partial charge >= 0.3 is 0 Å². The minimum Gasteiger partial charge on any atom is -0.507 e. The molecule has 0 aromatic heterocycles. The van der Waals surface area contributed by atoms with Gasteiger partial charge in [-0.05, 0) is 46.4 Å². The molecule has 1 heterocycles. The first-order chi connectivity index (χ1) is 12.9. The summed E-state index contributed by atoms with van der Waals surface area (Å²) >= 11 is 1.40. The number of nitriles is 1. The zero-order chi connectivity index (χ0) is 21.1. The van der Waals surface area contributed by atoms with Crippen molar-refractivity contribution >= 4 is 23.7 Å². The summed E-state index contributed by atoms with van der Waals surface area (Å²) in [5.41, 5.74) is 2.23. The Morgan fingerprint density at radius 1 is 1.14 bits per heavy atom. The fourth-order valence-electron chi connectivity index (χ4n) is 3.07. The van der Waals surface area contributed by atoms with Crippen LogP contribution in [0.15, 0.2) is 28.6 Å². The maximum Gasteiger partial charge on any atom is 0.264 e. The number of phenols is 1. The molecule has 150 valence electrons. The van der Waals surface area contributed by atoms with E-state index in [1.807, 2.05) is 23.6 Å². The number of hydrogen-bond acceptors (Lipinski definition) is 4. The number of thioether (sulfide) groups is 1. The largest absolute Gasteiger partial charge is 0.507 e. The normalized spacial score (nSPS) is 16.5. The van der Waals surface area contributed by atoms with Crippen molar-refractivity contribution in [1.29, 1.82) is 5.26 Å². The van der Waals surface area contributed by atoms with E-state index in [9.17, 15) is 9.90 Å². The molecule has 5 heteroatoms. The number of carbonyl (C=O) groups excluding carboxylic acids is 1. The monoisotopic (exact) mass is 398 g/mol. The zero-order valence-electron chi connectivity index (χ0n) is 17.7. The number of phenolic OH excluding ortho intramolecular Hbond substituents is 1. The van der Waals surface area contributed by atoms with Gasteiger partial charge in [-0.3, -0.25) is 4.79 Å². The molecule has 0 radical (unpaired) electrons. The number of nitrogens with zero attached hydrogens (tertiary/aromatic N) is 2. The molecule has 1 aromatic carbocycles. The molecule has 1 aromatic rings. The zero-order valence-corrected chi connectivity index (χ0v) is 18.5. The average molecular weight is 399 g/mol. The van der Waals surface area contributed by atoms with Crippen LogP contribution in [0, 0.1) is 11.3 Å². The van der Waals surface area contributed by atoms with Crippen LogP contribution < -0.4 is 0 Å². The summed E-state index contributed by atoms with van der Waals surface area (Å²) < 4.78 is 0. The van der Waals surface area contributed by atoms with E-state index in [-0.39, 0.29) is 16.7 Å². The van der Waals surface area contributed by atoms with Crippen molar-refractivity contribution in [1.82, 2.24) is 4.90 Å². The van der Waals surface area contributed by atoms with Crippen LogP contribution in [0.1, 0.15) is 71.1 Å². The van der Waals surface area contributed by atoms with E-state index in [1.54, 1.807) is 11.1 Å². The molecule has 0 saturated carbocycles. The Kier molecular flexibility index (Phi) is 6.67. The van der Waals surface area contributed by atoms with E-state index in [1.165, 1.54) is 11.8 Å². The summed E-state index contributed by atoms with van der Waals surface area (Å²) in [7, 11) is 0. The van der Waals surface area contributed by atoms with Crippen LogP contribution >= 0.6 is 11.8 Å². The Morgan fingerprint density at radius 3 is 2.21 bits per heavy atom. The van der Waals surface area contributed by atoms with E-state index in [0.717, 1.165) is 16.7 Å². The Hall–Kier alpha value is -2.19. The van der Waals surface area contributed by atoms with Gasteiger partial charge in [-0.25, -0.2) is 0 Å². The fraction of sp³-hybridized carbons (Fsp3) is 0.478. The lowest BCUT2D eigenvalue weighted by molar-refractivity contribution is -0.124. The fourth-order valence-corrected chi connectivity index (χ4v) is 3.85. The van der Waals surface area contributed by atoms with Crippen molar-refractivity contribution in [2.75, 3.05) is 6.54 Å². The molecule has 28 heavy (non-hydrogen) atoms. The molecular formula is C23H30N2O2S. The quantitative estimate of drug-likeness (QED) is 0.523. The lowest BCUT2D eigenvalue weighted by Gasteiger charge is -2.28. The summed E-state index contributed by atoms with van der Waals surface area (Å²) in [6.45, 7) is 13.0. The van der Waals surface area contributed by atoms with E-state index in [2.05, 4.69) is 47.6 Å². The maximum absolute atomic E-state index is 12.8. The van der Waals surface area contributed by atoms with Gasteiger partial charge in [0.05, 0.1) is 11.0 Å². The van der Waals surface area contributed by atoms with Crippen molar-refractivity contribution in [2.45, 2.75) is 65.2 Å². The third-order valence-electron chi connectivity index (χ3n) is 4.64. The number of hydrogen-bond donors (Lipinski definition) is 1. The Bertz CT molecular complexity index is 814. The molecular weight excluding hydrogens is 368 g/mol. The minimum atomic E-state index is -0.217. The molecule has 1 aliphatic rings. The van der Waals surface area contributed by atoms with E-state index >= 15 is 0 Å². The van der Waals surface area contributed by atoms with Crippen LogP contribution in [0.4, 0.5) is 0 Å². The smallest absolute Gasteiger partial charge is 0.264 e. The predicted molar refractivity (Wildman–Crippen MR) is 117 cm³/mol. The second-order valence-corrected chi connectivity index (χ2v) is 10.1. The van der Waals surface area contributed by atoms with Crippen LogP contribution in [0.2, 0.25) is 0 Å². The molecule has 0 bridgehead atoms.